The van der Waals surface area contributed by atoms with Crippen molar-refractivity contribution in [1.82, 2.24) is 19.7 Å². The van der Waals surface area contributed by atoms with Crippen LogP contribution in [0.3, 0.4) is 0 Å². The summed E-state index contributed by atoms with van der Waals surface area (Å²) >= 11 is 0. The predicted molar refractivity (Wildman–Crippen MR) is 227 cm³/mol. The predicted octanol–water partition coefficient (Wildman–Crippen LogP) is 13.0. The fourth-order valence-corrected chi connectivity index (χ4v) is 7.51. The van der Waals surface area contributed by atoms with Crippen LogP contribution >= 0.6 is 0 Å². The Labute approximate surface area is 319 Å². The van der Waals surface area contributed by atoms with Crippen LogP contribution in [0.25, 0.3) is 94.8 Å². The van der Waals surface area contributed by atoms with Crippen molar-refractivity contribution < 1.29 is 0 Å². The van der Waals surface area contributed by atoms with Gasteiger partial charge in [0.15, 0.2) is 5.82 Å². The van der Waals surface area contributed by atoms with Crippen molar-refractivity contribution in [2.75, 3.05) is 0 Å². The van der Waals surface area contributed by atoms with Gasteiger partial charge in [-0.2, -0.15) is 5.10 Å². The van der Waals surface area contributed by atoms with Gasteiger partial charge in [0.25, 0.3) is 0 Å². The topological polar surface area (TPSA) is 43.6 Å². The number of benzene rings is 8. The average Bonchev–Trinajstić information content (AvgIpc) is 3.69. The Balaban J connectivity index is 1.05. The third-order valence-electron chi connectivity index (χ3n) is 10.3. The molecule has 0 saturated heterocycles. The molecule has 10 aromatic rings. The Morgan fingerprint density at radius 2 is 0.836 bits per heavy atom. The van der Waals surface area contributed by atoms with Crippen LogP contribution in [0.2, 0.25) is 0 Å². The first-order chi connectivity index (χ1) is 27.3. The summed E-state index contributed by atoms with van der Waals surface area (Å²) in [5.41, 5.74) is 13.6. The Bertz CT molecular complexity index is 2860. The molecule has 0 amide bonds. The lowest BCUT2D eigenvalue weighted by Crippen LogP contribution is -1.96. The SMILES string of the molecule is c1ccc(-c2cc(-c3ccccc3)nc(-c3ccc(-c4ccc(-c5cc6ccccc6c6c5c(-c5ccccc5)nn6-c5ccccc5)cc4)cc3)n2)cc1. The first-order valence-corrected chi connectivity index (χ1v) is 18.5. The Kier molecular flexibility index (Phi) is 8.12. The number of hydrogen-bond donors (Lipinski definition) is 0. The highest BCUT2D eigenvalue weighted by Gasteiger charge is 2.21. The fourth-order valence-electron chi connectivity index (χ4n) is 7.51. The van der Waals surface area contributed by atoms with Crippen molar-refractivity contribution in [1.29, 1.82) is 0 Å². The van der Waals surface area contributed by atoms with Gasteiger partial charge in [-0.25, -0.2) is 14.6 Å². The van der Waals surface area contributed by atoms with Crippen LogP contribution in [0.15, 0.2) is 206 Å². The van der Waals surface area contributed by atoms with Crippen molar-refractivity contribution in [3.8, 4) is 73.1 Å². The van der Waals surface area contributed by atoms with Gasteiger partial charge in [-0.3, -0.25) is 0 Å². The van der Waals surface area contributed by atoms with Crippen LogP contribution in [0.4, 0.5) is 0 Å². The molecule has 10 rings (SSSR count). The number of nitrogens with zero attached hydrogens (tertiary/aromatic N) is 4. The van der Waals surface area contributed by atoms with Gasteiger partial charge in [-0.15, -0.1) is 0 Å². The van der Waals surface area contributed by atoms with Gasteiger partial charge in [0.1, 0.15) is 5.69 Å². The van der Waals surface area contributed by atoms with Crippen molar-refractivity contribution in [2.45, 2.75) is 0 Å². The van der Waals surface area contributed by atoms with Gasteiger partial charge in [0.2, 0.25) is 0 Å². The van der Waals surface area contributed by atoms with Gasteiger partial charge in [-0.05, 0) is 51.9 Å². The van der Waals surface area contributed by atoms with Gasteiger partial charge in [0.05, 0.1) is 22.6 Å². The van der Waals surface area contributed by atoms with Crippen molar-refractivity contribution >= 4 is 21.7 Å². The van der Waals surface area contributed by atoms with Gasteiger partial charge in [0, 0.05) is 33.0 Å². The number of para-hydroxylation sites is 1. The molecule has 0 aliphatic rings. The molecule has 2 heterocycles. The zero-order chi connectivity index (χ0) is 36.6. The standard InChI is InChI=1S/C51H34N4/c1-5-15-38(16-6-1)46-34-47(39-17-7-2-8-18-39)53-51(52-46)41-31-27-36(28-32-41)35-25-29-37(30-26-35)45-33-42-21-13-14-24-44(42)50-48(45)49(40-19-9-3-10-20-40)54-55(50)43-22-11-4-12-23-43/h1-34H. The van der Waals surface area contributed by atoms with Crippen molar-refractivity contribution in [3.05, 3.63) is 206 Å². The first kappa shape index (κ1) is 32.2. The summed E-state index contributed by atoms with van der Waals surface area (Å²) in [6.45, 7) is 0. The largest absolute Gasteiger partial charge is 0.232 e. The fraction of sp³-hybridized carbons (Fsp3) is 0. The molecule has 55 heavy (non-hydrogen) atoms. The van der Waals surface area contributed by atoms with E-state index < -0.39 is 0 Å². The molecule has 2 aromatic heterocycles. The molecule has 0 aliphatic heterocycles. The minimum Gasteiger partial charge on any atom is -0.232 e. The molecule has 4 heteroatoms. The van der Waals surface area contributed by atoms with Crippen LogP contribution in [0, 0.1) is 0 Å². The molecule has 8 aromatic carbocycles. The lowest BCUT2D eigenvalue weighted by Gasteiger charge is -2.12. The van der Waals surface area contributed by atoms with Crippen LogP contribution in [-0.4, -0.2) is 19.7 Å². The summed E-state index contributed by atoms with van der Waals surface area (Å²) in [6.07, 6.45) is 0. The van der Waals surface area contributed by atoms with Crippen LogP contribution in [0.5, 0.6) is 0 Å². The van der Waals surface area contributed by atoms with Gasteiger partial charge < -0.3 is 0 Å². The summed E-state index contributed by atoms with van der Waals surface area (Å²) in [4.78, 5) is 10.1. The zero-order valence-corrected chi connectivity index (χ0v) is 29.9. The monoisotopic (exact) mass is 702 g/mol. The number of aromatic nitrogens is 4. The molecule has 0 atom stereocenters. The molecule has 0 radical (unpaired) electrons. The van der Waals surface area contributed by atoms with Crippen molar-refractivity contribution in [3.63, 3.8) is 0 Å². The maximum Gasteiger partial charge on any atom is 0.160 e. The summed E-state index contributed by atoms with van der Waals surface area (Å²) in [6, 6.07) is 72.0. The number of rotatable bonds is 7. The maximum atomic E-state index is 5.32. The highest BCUT2D eigenvalue weighted by molar-refractivity contribution is 6.17. The van der Waals surface area contributed by atoms with Crippen LogP contribution in [-0.2, 0) is 0 Å². The molecule has 0 aliphatic carbocycles. The molecule has 0 fully saturated rings. The smallest absolute Gasteiger partial charge is 0.160 e. The molecule has 0 N–H and O–H groups in total. The highest BCUT2D eigenvalue weighted by Crippen LogP contribution is 2.42. The third-order valence-corrected chi connectivity index (χ3v) is 10.3. The quantitative estimate of drug-likeness (QED) is 0.166. The van der Waals surface area contributed by atoms with E-state index >= 15 is 0 Å². The highest BCUT2D eigenvalue weighted by atomic mass is 15.3. The Hall–Kier alpha value is -7.43. The van der Waals surface area contributed by atoms with Crippen LogP contribution < -0.4 is 0 Å². The van der Waals surface area contributed by atoms with E-state index in [1.807, 2.05) is 42.5 Å². The summed E-state index contributed by atoms with van der Waals surface area (Å²) < 4.78 is 2.11. The van der Waals surface area contributed by atoms with Crippen molar-refractivity contribution in [2.24, 2.45) is 0 Å². The van der Waals surface area contributed by atoms with E-state index in [1.54, 1.807) is 0 Å². The maximum absolute atomic E-state index is 5.32. The van der Waals surface area contributed by atoms with E-state index in [9.17, 15) is 0 Å². The van der Waals surface area contributed by atoms with E-state index in [0.29, 0.717) is 5.82 Å². The van der Waals surface area contributed by atoms with E-state index in [-0.39, 0.29) is 0 Å². The normalized spacial score (nSPS) is 11.3. The molecule has 0 saturated carbocycles. The van der Waals surface area contributed by atoms with E-state index in [1.165, 1.54) is 10.8 Å². The lowest BCUT2D eigenvalue weighted by molar-refractivity contribution is 0.918. The second kappa shape index (κ2) is 13.8. The molecule has 0 bridgehead atoms. The molecule has 0 spiro atoms. The zero-order valence-electron chi connectivity index (χ0n) is 29.9. The molecule has 4 nitrogen and oxygen atoms in total. The summed E-state index contributed by atoms with van der Waals surface area (Å²) in [5, 5.41) is 8.80. The first-order valence-electron chi connectivity index (χ1n) is 18.5. The molecule has 0 unspecified atom stereocenters. The summed E-state index contributed by atoms with van der Waals surface area (Å²) in [5.74, 6) is 0.702. The second-order valence-corrected chi connectivity index (χ2v) is 13.7. The number of fused-ring (bicyclic) bond motifs is 3. The third kappa shape index (κ3) is 6.06. The molecule has 258 valence electrons. The van der Waals surface area contributed by atoms with E-state index in [0.717, 1.165) is 78.2 Å². The van der Waals surface area contributed by atoms with Crippen LogP contribution in [0.1, 0.15) is 0 Å². The summed E-state index contributed by atoms with van der Waals surface area (Å²) in [7, 11) is 0. The van der Waals surface area contributed by atoms with E-state index in [2.05, 4.69) is 168 Å². The van der Waals surface area contributed by atoms with Gasteiger partial charge in [-0.1, -0.05) is 182 Å². The Morgan fingerprint density at radius 1 is 0.364 bits per heavy atom. The average molecular weight is 703 g/mol. The molecular weight excluding hydrogens is 669 g/mol. The van der Waals surface area contributed by atoms with E-state index in [4.69, 9.17) is 15.1 Å². The minimum absolute atomic E-state index is 0.702. The Morgan fingerprint density at radius 3 is 1.42 bits per heavy atom. The molecular formula is C51H34N4. The number of hydrogen-bond acceptors (Lipinski definition) is 3. The lowest BCUT2D eigenvalue weighted by atomic mass is 9.92. The van der Waals surface area contributed by atoms with Gasteiger partial charge >= 0.3 is 0 Å². The minimum atomic E-state index is 0.702. The second-order valence-electron chi connectivity index (χ2n) is 13.7.